The molecule has 32 heavy (non-hydrogen) atoms. The maximum absolute atomic E-state index is 13.2. The topological polar surface area (TPSA) is 114 Å². The Bertz CT molecular complexity index is 1070. The minimum Gasteiger partial charge on any atom is -0.366 e. The molecule has 3 aromatic rings. The molecule has 0 bridgehead atoms. The Morgan fingerprint density at radius 1 is 1.19 bits per heavy atom. The number of aryl methyl sites for hydroxylation is 1. The van der Waals surface area contributed by atoms with Gasteiger partial charge in [-0.3, -0.25) is 14.3 Å². The van der Waals surface area contributed by atoms with Crippen molar-refractivity contribution >= 4 is 11.4 Å². The maximum Gasteiger partial charge on any atom is 0.277 e. The van der Waals surface area contributed by atoms with E-state index in [1.165, 1.54) is 49.1 Å². The van der Waals surface area contributed by atoms with Crippen LogP contribution in [0.2, 0.25) is 0 Å². The van der Waals surface area contributed by atoms with Gasteiger partial charge < -0.3 is 15.6 Å². The van der Waals surface area contributed by atoms with Crippen LogP contribution >= 0.6 is 0 Å². The van der Waals surface area contributed by atoms with E-state index < -0.39 is 17.3 Å². The molecule has 4 rings (SSSR count). The van der Waals surface area contributed by atoms with Gasteiger partial charge in [0.2, 0.25) is 5.91 Å². The fourth-order valence-corrected chi connectivity index (χ4v) is 3.14. The first-order chi connectivity index (χ1) is 15.3. The van der Waals surface area contributed by atoms with E-state index in [1.54, 1.807) is 36.4 Å². The summed E-state index contributed by atoms with van der Waals surface area (Å²) in [5.41, 5.74) is 5.52. The summed E-state index contributed by atoms with van der Waals surface area (Å²) < 4.78 is 16.1. The summed E-state index contributed by atoms with van der Waals surface area (Å²) >= 11 is 0. The highest BCUT2D eigenvalue weighted by atomic mass is 19.1. The number of likely N-dealkylation sites (N-methyl/N-ethyl adjacent to an activating group) is 1. The maximum atomic E-state index is 13.2. The van der Waals surface area contributed by atoms with E-state index in [0.29, 0.717) is 5.69 Å². The van der Waals surface area contributed by atoms with Crippen molar-refractivity contribution in [2.24, 2.45) is 12.8 Å². The van der Waals surface area contributed by atoms with Crippen molar-refractivity contribution in [2.75, 3.05) is 20.6 Å². The normalized spacial score (nSPS) is 13.5. The van der Waals surface area contributed by atoms with Gasteiger partial charge in [-0.15, -0.1) is 0 Å². The standard InChI is InChI=1S/C10H8FN5O.C6H12N2O.C6H12.H2/c1-15-4-6(2-12-15)8-5-16-9(10(17)14-8)7(11)3-13-16;1-8(2)5-3-4-6(7)9;1-2-4-6-5-3-1;/h2-5H,1H3,(H,14,17);3-4H,5H2,1-2H3,(H2,7,9);1-6H2;1H/b;4-3+;;. The first kappa shape index (κ1) is 25.0. The Balaban J connectivity index is 0.000000288. The number of fused-ring (bicyclic) bond motifs is 1. The predicted molar refractivity (Wildman–Crippen MR) is 125 cm³/mol. The van der Waals surface area contributed by atoms with E-state index >= 15 is 0 Å². The minimum absolute atomic E-state index is 0. The zero-order valence-corrected chi connectivity index (χ0v) is 18.9. The summed E-state index contributed by atoms with van der Waals surface area (Å²) in [5, 5.41) is 7.77. The molecule has 1 aliphatic carbocycles. The summed E-state index contributed by atoms with van der Waals surface area (Å²) in [6.07, 6.45) is 18.0. The van der Waals surface area contributed by atoms with Gasteiger partial charge in [0.25, 0.3) is 5.56 Å². The third-order valence-corrected chi connectivity index (χ3v) is 4.73. The van der Waals surface area contributed by atoms with Gasteiger partial charge in [0.15, 0.2) is 11.3 Å². The fourth-order valence-electron chi connectivity index (χ4n) is 3.14. The third-order valence-electron chi connectivity index (χ3n) is 4.73. The van der Waals surface area contributed by atoms with Crippen molar-refractivity contribution in [1.82, 2.24) is 29.3 Å². The molecule has 176 valence electrons. The molecule has 1 saturated carbocycles. The number of hydrogen-bond acceptors (Lipinski definition) is 5. The summed E-state index contributed by atoms with van der Waals surface area (Å²) in [5.74, 6) is -1.03. The highest BCUT2D eigenvalue weighted by molar-refractivity contribution is 5.85. The van der Waals surface area contributed by atoms with E-state index in [4.69, 9.17) is 5.73 Å². The molecular formula is C22H34FN7O2. The minimum atomic E-state index is -0.635. The van der Waals surface area contributed by atoms with Crippen LogP contribution in [0.5, 0.6) is 0 Å². The first-order valence-electron chi connectivity index (χ1n) is 10.6. The largest absolute Gasteiger partial charge is 0.366 e. The Morgan fingerprint density at radius 2 is 1.81 bits per heavy atom. The molecule has 0 radical (unpaired) electrons. The van der Waals surface area contributed by atoms with Crippen molar-refractivity contribution in [3.05, 3.63) is 53.1 Å². The zero-order valence-electron chi connectivity index (χ0n) is 18.9. The molecular weight excluding hydrogens is 413 g/mol. The predicted octanol–water partition coefficient (Wildman–Crippen LogP) is 2.74. The van der Waals surface area contributed by atoms with Crippen LogP contribution in [0.25, 0.3) is 16.8 Å². The van der Waals surface area contributed by atoms with Gasteiger partial charge in [-0.25, -0.2) is 8.91 Å². The van der Waals surface area contributed by atoms with Gasteiger partial charge in [0.1, 0.15) is 0 Å². The smallest absolute Gasteiger partial charge is 0.277 e. The zero-order chi connectivity index (χ0) is 23.5. The number of hydrogen-bond donors (Lipinski definition) is 2. The van der Waals surface area contributed by atoms with Crippen LogP contribution in [-0.2, 0) is 11.8 Å². The number of H-pyrrole nitrogens is 1. The molecule has 3 aromatic heterocycles. The SMILES string of the molecule is C1CCCCC1.CN(C)C/C=C/C(N)=O.Cn1cc(-c2cn3ncc(F)c3c(=O)[nH]2)cn1.[HH]. The number of carbonyl (C=O) groups is 1. The van der Waals surface area contributed by atoms with Crippen LogP contribution in [0.1, 0.15) is 40.0 Å². The quantitative estimate of drug-likeness (QED) is 0.597. The van der Waals surface area contributed by atoms with Crippen LogP contribution in [0, 0.1) is 5.82 Å². The second kappa shape index (κ2) is 12.6. The molecule has 1 amide bonds. The van der Waals surface area contributed by atoms with Crippen LogP contribution in [0.3, 0.4) is 0 Å². The van der Waals surface area contributed by atoms with Crippen molar-refractivity contribution in [2.45, 2.75) is 38.5 Å². The summed E-state index contributed by atoms with van der Waals surface area (Å²) in [7, 11) is 5.62. The number of halogens is 1. The van der Waals surface area contributed by atoms with E-state index in [1.807, 2.05) is 19.0 Å². The Kier molecular flexibility index (Phi) is 9.80. The van der Waals surface area contributed by atoms with E-state index in [2.05, 4.69) is 15.2 Å². The van der Waals surface area contributed by atoms with Crippen molar-refractivity contribution in [3.8, 4) is 11.3 Å². The monoisotopic (exact) mass is 447 g/mol. The number of amides is 1. The molecule has 1 aliphatic rings. The van der Waals surface area contributed by atoms with Gasteiger partial charge in [-0.1, -0.05) is 44.6 Å². The second-order valence-electron chi connectivity index (χ2n) is 7.87. The molecule has 0 atom stereocenters. The van der Waals surface area contributed by atoms with E-state index in [9.17, 15) is 14.0 Å². The molecule has 0 spiro atoms. The number of aromatic amines is 1. The highest BCUT2D eigenvalue weighted by Gasteiger charge is 2.10. The molecule has 3 N–H and O–H groups in total. The van der Waals surface area contributed by atoms with Crippen LogP contribution in [-0.4, -0.2) is 55.8 Å². The lowest BCUT2D eigenvalue weighted by Crippen LogP contribution is -2.12. The number of nitrogens with one attached hydrogen (secondary N) is 1. The van der Waals surface area contributed by atoms with Crippen LogP contribution < -0.4 is 11.3 Å². The molecule has 3 heterocycles. The number of nitrogens with zero attached hydrogens (tertiary/aromatic N) is 5. The molecule has 1 fully saturated rings. The van der Waals surface area contributed by atoms with Crippen molar-refractivity contribution in [1.29, 1.82) is 0 Å². The molecule has 9 nitrogen and oxygen atoms in total. The molecule has 0 aliphatic heterocycles. The molecule has 0 unspecified atom stereocenters. The van der Waals surface area contributed by atoms with Gasteiger partial charge >= 0.3 is 0 Å². The summed E-state index contributed by atoms with van der Waals surface area (Å²) in [6, 6.07) is 0. The van der Waals surface area contributed by atoms with Gasteiger partial charge in [0, 0.05) is 26.8 Å². The van der Waals surface area contributed by atoms with E-state index in [0.717, 1.165) is 18.3 Å². The lowest BCUT2D eigenvalue weighted by molar-refractivity contribution is -0.113. The second-order valence-corrected chi connectivity index (χ2v) is 7.87. The number of primary amides is 1. The van der Waals surface area contributed by atoms with Gasteiger partial charge in [0.05, 0.1) is 24.3 Å². The Hall–Kier alpha value is -3.27. The Labute approximate surface area is 188 Å². The molecule has 0 aromatic carbocycles. The number of aromatic nitrogens is 5. The first-order valence-corrected chi connectivity index (χ1v) is 10.6. The number of carbonyl (C=O) groups excluding carboxylic acids is 1. The summed E-state index contributed by atoms with van der Waals surface area (Å²) in [4.78, 5) is 26.3. The van der Waals surface area contributed by atoms with Gasteiger partial charge in [-0.2, -0.15) is 10.2 Å². The van der Waals surface area contributed by atoms with E-state index in [-0.39, 0.29) is 6.94 Å². The highest BCUT2D eigenvalue weighted by Crippen LogP contribution is 2.15. The summed E-state index contributed by atoms with van der Waals surface area (Å²) in [6.45, 7) is 0.753. The average molecular weight is 448 g/mol. The third kappa shape index (κ3) is 8.10. The molecule has 10 heteroatoms. The Morgan fingerprint density at radius 3 is 2.31 bits per heavy atom. The average Bonchev–Trinajstić information content (AvgIpc) is 3.36. The van der Waals surface area contributed by atoms with Gasteiger partial charge in [-0.05, 0) is 20.2 Å². The van der Waals surface area contributed by atoms with Crippen LogP contribution in [0.15, 0.2) is 41.7 Å². The lowest BCUT2D eigenvalue weighted by atomic mass is 10.0. The lowest BCUT2D eigenvalue weighted by Gasteiger charge is -2.05. The van der Waals surface area contributed by atoms with Crippen LogP contribution in [0.4, 0.5) is 4.39 Å². The molecule has 0 saturated heterocycles. The number of nitrogens with two attached hydrogens (primary N) is 1. The van der Waals surface area contributed by atoms with Crippen molar-refractivity contribution < 1.29 is 10.6 Å². The number of rotatable bonds is 4. The fraction of sp³-hybridized carbons (Fsp3) is 0.455. The van der Waals surface area contributed by atoms with Crippen molar-refractivity contribution in [3.63, 3.8) is 0 Å².